The Kier molecular flexibility index (Phi) is 4.37. The lowest BCUT2D eigenvalue weighted by Gasteiger charge is -2.22. The molecule has 0 aliphatic carbocycles. The fourth-order valence-corrected chi connectivity index (χ4v) is 1.15. The van der Waals surface area contributed by atoms with E-state index in [1.807, 2.05) is 0 Å². The zero-order valence-electron chi connectivity index (χ0n) is 7.23. The monoisotopic (exact) mass is 198 g/mol. The third kappa shape index (κ3) is 6.76. The van der Waals surface area contributed by atoms with Crippen LogP contribution in [0.4, 0.5) is 0 Å². The summed E-state index contributed by atoms with van der Waals surface area (Å²) in [6, 6.07) is 0. The standard InChI is InChI=1S/C6H15O5P/c1-6(2,3-4-7)5-11-12(8,9)10/h7H,3-5H2,1-2H3,(H2,8,9,10). The zero-order valence-corrected chi connectivity index (χ0v) is 8.12. The van der Waals surface area contributed by atoms with Crippen molar-refractivity contribution in [3.8, 4) is 0 Å². The second-order valence-electron chi connectivity index (χ2n) is 3.40. The van der Waals surface area contributed by atoms with Gasteiger partial charge in [-0.2, -0.15) is 0 Å². The second kappa shape index (κ2) is 4.35. The Bertz CT molecular complexity index is 173. The third-order valence-electron chi connectivity index (χ3n) is 1.41. The van der Waals surface area contributed by atoms with Crippen LogP contribution in [-0.2, 0) is 9.09 Å². The summed E-state index contributed by atoms with van der Waals surface area (Å²) in [5.41, 5.74) is -0.407. The van der Waals surface area contributed by atoms with Gasteiger partial charge in [0.1, 0.15) is 0 Å². The van der Waals surface area contributed by atoms with Crippen LogP contribution in [0.15, 0.2) is 0 Å². The highest BCUT2D eigenvalue weighted by Gasteiger charge is 2.23. The van der Waals surface area contributed by atoms with Crippen LogP contribution in [-0.4, -0.2) is 28.1 Å². The number of phosphoric acid groups is 1. The van der Waals surface area contributed by atoms with E-state index in [4.69, 9.17) is 14.9 Å². The summed E-state index contributed by atoms with van der Waals surface area (Å²) in [6.45, 7) is 3.45. The smallest absolute Gasteiger partial charge is 0.396 e. The van der Waals surface area contributed by atoms with Crippen molar-refractivity contribution in [2.45, 2.75) is 20.3 Å². The molecule has 0 unspecified atom stereocenters. The van der Waals surface area contributed by atoms with Crippen molar-refractivity contribution in [3.63, 3.8) is 0 Å². The van der Waals surface area contributed by atoms with E-state index in [0.717, 1.165) is 0 Å². The first-order chi connectivity index (χ1) is 5.27. The van der Waals surface area contributed by atoms with Gasteiger partial charge in [0.05, 0.1) is 6.61 Å². The molecule has 0 aliphatic heterocycles. The summed E-state index contributed by atoms with van der Waals surface area (Å²) < 4.78 is 14.6. The molecular weight excluding hydrogens is 183 g/mol. The number of hydrogen-bond acceptors (Lipinski definition) is 3. The molecule has 0 aliphatic rings. The highest BCUT2D eigenvalue weighted by molar-refractivity contribution is 7.46. The van der Waals surface area contributed by atoms with Gasteiger partial charge in [0.15, 0.2) is 0 Å². The van der Waals surface area contributed by atoms with Crippen molar-refractivity contribution in [2.24, 2.45) is 5.41 Å². The number of phosphoric ester groups is 1. The van der Waals surface area contributed by atoms with E-state index in [1.54, 1.807) is 13.8 Å². The molecule has 0 rings (SSSR count). The molecule has 74 valence electrons. The Labute approximate surface area is 71.6 Å². The van der Waals surface area contributed by atoms with Crippen LogP contribution < -0.4 is 0 Å². The van der Waals surface area contributed by atoms with E-state index in [2.05, 4.69) is 4.52 Å². The fourth-order valence-electron chi connectivity index (χ4n) is 0.634. The number of rotatable bonds is 5. The largest absolute Gasteiger partial charge is 0.469 e. The lowest BCUT2D eigenvalue weighted by atomic mass is 9.91. The van der Waals surface area contributed by atoms with Crippen molar-refractivity contribution in [1.82, 2.24) is 0 Å². The number of hydrogen-bond donors (Lipinski definition) is 3. The van der Waals surface area contributed by atoms with Crippen LogP contribution in [0.25, 0.3) is 0 Å². The highest BCUT2D eigenvalue weighted by Crippen LogP contribution is 2.38. The Hall–Kier alpha value is 0.0700. The van der Waals surface area contributed by atoms with Gasteiger partial charge in [0.25, 0.3) is 0 Å². The molecule has 0 atom stereocenters. The summed E-state index contributed by atoms with van der Waals surface area (Å²) in [5.74, 6) is 0. The average molecular weight is 198 g/mol. The summed E-state index contributed by atoms with van der Waals surface area (Å²) >= 11 is 0. The Morgan fingerprint density at radius 3 is 2.25 bits per heavy atom. The van der Waals surface area contributed by atoms with Gasteiger partial charge in [-0.25, -0.2) is 4.57 Å². The van der Waals surface area contributed by atoms with Crippen molar-refractivity contribution >= 4 is 7.82 Å². The summed E-state index contributed by atoms with van der Waals surface area (Å²) in [5, 5.41) is 8.58. The van der Waals surface area contributed by atoms with E-state index in [-0.39, 0.29) is 13.2 Å². The average Bonchev–Trinajstić information content (AvgIpc) is 1.83. The molecule has 0 saturated carbocycles. The normalized spacial score (nSPS) is 13.4. The van der Waals surface area contributed by atoms with E-state index in [1.165, 1.54) is 0 Å². The maximum Gasteiger partial charge on any atom is 0.469 e. The maximum absolute atomic E-state index is 10.3. The van der Waals surface area contributed by atoms with Crippen LogP contribution >= 0.6 is 7.82 Å². The third-order valence-corrected chi connectivity index (χ3v) is 1.88. The molecule has 0 radical (unpaired) electrons. The Morgan fingerprint density at radius 2 is 1.92 bits per heavy atom. The van der Waals surface area contributed by atoms with Gasteiger partial charge in [-0.15, -0.1) is 0 Å². The Balaban J connectivity index is 3.83. The predicted octanol–water partition coefficient (Wildman–Crippen LogP) is 0.504. The van der Waals surface area contributed by atoms with Crippen LogP contribution in [0.5, 0.6) is 0 Å². The molecule has 0 bridgehead atoms. The molecule has 0 amide bonds. The second-order valence-corrected chi connectivity index (χ2v) is 4.64. The molecule has 0 spiro atoms. The predicted molar refractivity (Wildman–Crippen MR) is 43.5 cm³/mol. The van der Waals surface area contributed by atoms with Gasteiger partial charge in [0, 0.05) is 6.61 Å². The Morgan fingerprint density at radius 1 is 1.42 bits per heavy atom. The van der Waals surface area contributed by atoms with Gasteiger partial charge in [0.2, 0.25) is 0 Å². The SMILES string of the molecule is CC(C)(CCO)COP(=O)(O)O. The van der Waals surface area contributed by atoms with Crippen LogP contribution in [0.2, 0.25) is 0 Å². The van der Waals surface area contributed by atoms with Crippen molar-refractivity contribution in [3.05, 3.63) is 0 Å². The number of aliphatic hydroxyl groups excluding tert-OH is 1. The molecule has 6 heteroatoms. The summed E-state index contributed by atoms with van der Waals surface area (Å²) in [7, 11) is -4.37. The minimum atomic E-state index is -4.37. The molecule has 5 nitrogen and oxygen atoms in total. The molecule has 12 heavy (non-hydrogen) atoms. The molecule has 0 heterocycles. The van der Waals surface area contributed by atoms with Crippen LogP contribution in [0, 0.1) is 5.41 Å². The highest BCUT2D eigenvalue weighted by atomic mass is 31.2. The fraction of sp³-hybridized carbons (Fsp3) is 1.00. The van der Waals surface area contributed by atoms with E-state index >= 15 is 0 Å². The molecule has 0 saturated heterocycles. The first kappa shape index (κ1) is 12.1. The minimum absolute atomic E-state index is 0.0164. The quantitative estimate of drug-likeness (QED) is 0.560. The van der Waals surface area contributed by atoms with Crippen molar-refractivity contribution in [1.29, 1.82) is 0 Å². The lowest BCUT2D eigenvalue weighted by Crippen LogP contribution is -2.20. The van der Waals surface area contributed by atoms with Crippen LogP contribution in [0.1, 0.15) is 20.3 Å². The van der Waals surface area contributed by atoms with Gasteiger partial charge >= 0.3 is 7.82 Å². The maximum atomic E-state index is 10.3. The lowest BCUT2D eigenvalue weighted by molar-refractivity contribution is 0.105. The molecule has 0 aromatic rings. The molecule has 0 aromatic heterocycles. The van der Waals surface area contributed by atoms with E-state index in [0.29, 0.717) is 6.42 Å². The number of aliphatic hydroxyl groups is 1. The molecule has 3 N–H and O–H groups in total. The first-order valence-electron chi connectivity index (χ1n) is 3.58. The van der Waals surface area contributed by atoms with E-state index in [9.17, 15) is 4.57 Å². The summed E-state index contributed by atoms with van der Waals surface area (Å²) in [4.78, 5) is 16.8. The van der Waals surface area contributed by atoms with Gasteiger partial charge in [-0.1, -0.05) is 13.8 Å². The topological polar surface area (TPSA) is 87.0 Å². The molecule has 0 aromatic carbocycles. The van der Waals surface area contributed by atoms with Crippen molar-refractivity contribution < 1.29 is 24.0 Å². The van der Waals surface area contributed by atoms with Gasteiger partial charge in [-0.05, 0) is 11.8 Å². The first-order valence-corrected chi connectivity index (χ1v) is 5.11. The van der Waals surface area contributed by atoms with Gasteiger partial charge in [-0.3, -0.25) is 4.52 Å². The van der Waals surface area contributed by atoms with Gasteiger partial charge < -0.3 is 14.9 Å². The van der Waals surface area contributed by atoms with Crippen molar-refractivity contribution in [2.75, 3.05) is 13.2 Å². The summed E-state index contributed by atoms with van der Waals surface area (Å²) in [6.07, 6.45) is 0.451. The molecule has 0 fully saturated rings. The minimum Gasteiger partial charge on any atom is -0.396 e. The van der Waals surface area contributed by atoms with Crippen LogP contribution in [0.3, 0.4) is 0 Å². The van der Waals surface area contributed by atoms with E-state index < -0.39 is 13.2 Å². The molecular formula is C6H15O5P. The zero-order chi connectivity index (χ0) is 9.83.